The summed E-state index contributed by atoms with van der Waals surface area (Å²) in [5.41, 5.74) is 4.60. The van der Waals surface area contributed by atoms with Gasteiger partial charge in [-0.25, -0.2) is 9.67 Å². The highest BCUT2D eigenvalue weighted by Crippen LogP contribution is 2.43. The van der Waals surface area contributed by atoms with Crippen molar-refractivity contribution in [2.45, 2.75) is 44.1 Å². The molecule has 2 atom stereocenters. The minimum Gasteiger partial charge on any atom is -0.370 e. The number of nitrogens with zero attached hydrogens (tertiary/aromatic N) is 4. The summed E-state index contributed by atoms with van der Waals surface area (Å²) < 4.78 is 1.95. The number of rotatable bonds is 4. The average Bonchev–Trinajstić information content (AvgIpc) is 3.37. The number of para-hydroxylation sites is 1. The molecule has 6 rings (SSSR count). The fourth-order valence-corrected chi connectivity index (χ4v) is 5.43. The molecule has 0 spiro atoms. The molecule has 3 aromatic rings. The monoisotopic (exact) mass is 401 g/mol. The number of carbonyl (C=O) groups is 1. The lowest BCUT2D eigenvalue weighted by Gasteiger charge is -2.37. The molecule has 2 aliphatic heterocycles. The summed E-state index contributed by atoms with van der Waals surface area (Å²) in [6, 6.07) is 12.8. The molecule has 1 saturated carbocycles. The molecule has 154 valence electrons. The molecule has 1 N–H and O–H groups in total. The van der Waals surface area contributed by atoms with Crippen molar-refractivity contribution < 1.29 is 4.79 Å². The molecule has 0 radical (unpaired) electrons. The van der Waals surface area contributed by atoms with E-state index in [0.29, 0.717) is 23.6 Å². The van der Waals surface area contributed by atoms with Gasteiger partial charge in [-0.1, -0.05) is 24.6 Å². The molecule has 3 fully saturated rings. The molecule has 1 aliphatic carbocycles. The van der Waals surface area contributed by atoms with Gasteiger partial charge in [0.15, 0.2) is 11.9 Å². The van der Waals surface area contributed by atoms with Crippen LogP contribution in [0.4, 0.5) is 5.69 Å². The van der Waals surface area contributed by atoms with Crippen molar-refractivity contribution in [1.82, 2.24) is 20.1 Å². The van der Waals surface area contributed by atoms with Crippen LogP contribution in [-0.2, 0) is 0 Å². The van der Waals surface area contributed by atoms with E-state index in [-0.39, 0.29) is 0 Å². The van der Waals surface area contributed by atoms with E-state index in [2.05, 4.69) is 22.3 Å². The molecular formula is C24H27N5O. The van der Waals surface area contributed by atoms with Gasteiger partial charge in [-0.3, -0.25) is 4.79 Å². The first-order valence-corrected chi connectivity index (χ1v) is 11.2. The summed E-state index contributed by atoms with van der Waals surface area (Å²) in [5.74, 6) is 1.17. The highest BCUT2D eigenvalue weighted by Gasteiger charge is 2.35. The van der Waals surface area contributed by atoms with E-state index in [1.165, 1.54) is 25.7 Å². The van der Waals surface area contributed by atoms with Crippen LogP contribution >= 0.6 is 0 Å². The van der Waals surface area contributed by atoms with Crippen LogP contribution < -0.4 is 10.2 Å². The molecule has 3 aliphatic rings. The molecule has 1 aromatic carbocycles. The molecule has 6 nitrogen and oxygen atoms in total. The summed E-state index contributed by atoms with van der Waals surface area (Å²) in [7, 11) is 0. The Balaban J connectivity index is 1.55. The van der Waals surface area contributed by atoms with Crippen molar-refractivity contribution in [3.8, 4) is 5.69 Å². The number of anilines is 1. The van der Waals surface area contributed by atoms with E-state index >= 15 is 0 Å². The van der Waals surface area contributed by atoms with Crippen LogP contribution in [0.1, 0.15) is 54.2 Å². The molecule has 2 aromatic heterocycles. The minimum absolute atomic E-state index is 0.487. The Bertz CT molecular complexity index is 1090. The lowest BCUT2D eigenvalue weighted by atomic mass is 9.81. The third-order valence-electron chi connectivity index (χ3n) is 7.27. The number of aromatic nitrogens is 3. The number of pyridine rings is 1. The van der Waals surface area contributed by atoms with Crippen molar-refractivity contribution in [3.05, 3.63) is 47.8 Å². The number of aldehydes is 1. The lowest BCUT2D eigenvalue weighted by molar-refractivity contribution is 0.111. The topological polar surface area (TPSA) is 63.1 Å². The van der Waals surface area contributed by atoms with Crippen LogP contribution in [0.3, 0.4) is 0 Å². The molecule has 0 bridgehead atoms. The summed E-state index contributed by atoms with van der Waals surface area (Å²) >= 11 is 0. The van der Waals surface area contributed by atoms with Crippen molar-refractivity contribution in [2.75, 3.05) is 24.5 Å². The van der Waals surface area contributed by atoms with Gasteiger partial charge in [-0.2, -0.15) is 5.10 Å². The van der Waals surface area contributed by atoms with Crippen molar-refractivity contribution in [1.29, 1.82) is 0 Å². The quantitative estimate of drug-likeness (QED) is 0.676. The van der Waals surface area contributed by atoms with Crippen LogP contribution in [0.25, 0.3) is 16.7 Å². The van der Waals surface area contributed by atoms with Crippen LogP contribution in [0.2, 0.25) is 0 Å². The third-order valence-corrected chi connectivity index (χ3v) is 7.27. The number of fused-ring (bicyclic) bond motifs is 2. The maximum Gasteiger partial charge on any atom is 0.168 e. The fourth-order valence-electron chi connectivity index (χ4n) is 5.43. The van der Waals surface area contributed by atoms with Crippen LogP contribution in [0.15, 0.2) is 36.4 Å². The zero-order chi connectivity index (χ0) is 20.1. The van der Waals surface area contributed by atoms with E-state index in [1.807, 2.05) is 28.9 Å². The first-order chi connectivity index (χ1) is 14.8. The Morgan fingerprint density at radius 3 is 2.73 bits per heavy atom. The lowest BCUT2D eigenvalue weighted by Crippen LogP contribution is -2.44. The Hall–Kier alpha value is -2.73. The predicted molar refractivity (Wildman–Crippen MR) is 118 cm³/mol. The van der Waals surface area contributed by atoms with Gasteiger partial charge in [0.25, 0.3) is 0 Å². The average molecular weight is 402 g/mol. The number of piperidine rings is 1. The maximum absolute atomic E-state index is 11.8. The summed E-state index contributed by atoms with van der Waals surface area (Å²) in [4.78, 5) is 19.0. The largest absolute Gasteiger partial charge is 0.370 e. The van der Waals surface area contributed by atoms with E-state index in [4.69, 9.17) is 10.1 Å². The van der Waals surface area contributed by atoms with Gasteiger partial charge in [-0.15, -0.1) is 0 Å². The highest BCUT2D eigenvalue weighted by molar-refractivity contribution is 5.96. The predicted octanol–water partition coefficient (Wildman–Crippen LogP) is 3.69. The summed E-state index contributed by atoms with van der Waals surface area (Å²) in [6.07, 6.45) is 6.89. The van der Waals surface area contributed by atoms with E-state index in [0.717, 1.165) is 60.4 Å². The maximum atomic E-state index is 11.8. The second-order valence-electron chi connectivity index (χ2n) is 8.99. The van der Waals surface area contributed by atoms with Gasteiger partial charge in [0.2, 0.25) is 0 Å². The van der Waals surface area contributed by atoms with E-state index in [9.17, 15) is 4.79 Å². The van der Waals surface area contributed by atoms with Crippen molar-refractivity contribution in [3.63, 3.8) is 0 Å². The van der Waals surface area contributed by atoms with Gasteiger partial charge >= 0.3 is 0 Å². The first kappa shape index (κ1) is 18.1. The number of hydrogen-bond acceptors (Lipinski definition) is 5. The highest BCUT2D eigenvalue weighted by atomic mass is 16.1. The van der Waals surface area contributed by atoms with Crippen LogP contribution in [0.5, 0.6) is 0 Å². The van der Waals surface area contributed by atoms with Gasteiger partial charge in [-0.05, 0) is 56.3 Å². The van der Waals surface area contributed by atoms with Gasteiger partial charge in [0.05, 0.1) is 22.5 Å². The Morgan fingerprint density at radius 2 is 1.97 bits per heavy atom. The van der Waals surface area contributed by atoms with Gasteiger partial charge in [0, 0.05) is 25.0 Å². The van der Waals surface area contributed by atoms with Gasteiger partial charge < -0.3 is 10.2 Å². The van der Waals surface area contributed by atoms with E-state index < -0.39 is 0 Å². The molecule has 6 heteroatoms. The summed E-state index contributed by atoms with van der Waals surface area (Å²) in [6.45, 7) is 3.16. The Labute approximate surface area is 176 Å². The molecule has 2 saturated heterocycles. The molecular weight excluding hydrogens is 374 g/mol. The molecule has 4 heterocycles. The normalized spacial score (nSPS) is 24.1. The smallest absolute Gasteiger partial charge is 0.168 e. The second kappa shape index (κ2) is 7.20. The zero-order valence-electron chi connectivity index (χ0n) is 17.1. The first-order valence-electron chi connectivity index (χ1n) is 11.2. The molecule has 0 amide bonds. The van der Waals surface area contributed by atoms with Crippen molar-refractivity contribution >= 4 is 23.0 Å². The van der Waals surface area contributed by atoms with E-state index in [1.54, 1.807) is 0 Å². The third kappa shape index (κ3) is 2.85. The number of nitrogens with one attached hydrogen (secondary N) is 1. The van der Waals surface area contributed by atoms with Gasteiger partial charge in [0.1, 0.15) is 5.69 Å². The number of hydrogen-bond donors (Lipinski definition) is 1. The molecule has 0 unspecified atom stereocenters. The fraction of sp³-hybridized carbons (Fsp3) is 0.458. The minimum atomic E-state index is 0.487. The zero-order valence-corrected chi connectivity index (χ0v) is 17.1. The Morgan fingerprint density at radius 1 is 1.10 bits per heavy atom. The second-order valence-corrected chi connectivity index (χ2v) is 8.99. The van der Waals surface area contributed by atoms with Crippen LogP contribution in [0, 0.1) is 5.92 Å². The Kier molecular flexibility index (Phi) is 4.34. The molecule has 30 heavy (non-hydrogen) atoms. The number of carbonyl (C=O) groups excluding carboxylic acids is 1. The SMILES string of the molecule is O=Cc1cc(N2CC[C@@H]3NCC[C@@H]3C2)c2c(C3CCC3)nn(-c3ccccc3)c2n1. The van der Waals surface area contributed by atoms with Crippen molar-refractivity contribution in [2.24, 2.45) is 5.92 Å². The number of benzene rings is 1. The summed E-state index contributed by atoms with van der Waals surface area (Å²) in [5, 5.41) is 9.88. The van der Waals surface area contributed by atoms with Crippen LogP contribution in [-0.4, -0.2) is 46.7 Å². The standard InChI is InChI=1S/C24H27N5O/c30-15-18-13-21(28-12-10-20-17(14-28)9-11-25-20)22-23(16-5-4-6-16)27-29(24(22)26-18)19-7-2-1-3-8-19/h1-3,7-8,13,15-17,20,25H,4-6,9-12,14H2/t17-,20+/m1/s1.